The van der Waals surface area contributed by atoms with Crippen molar-refractivity contribution in [2.45, 2.75) is 31.3 Å². The van der Waals surface area contributed by atoms with Gasteiger partial charge in [0, 0.05) is 12.7 Å². The lowest BCUT2D eigenvalue weighted by molar-refractivity contribution is 0.152. The molecule has 0 amide bonds. The van der Waals surface area contributed by atoms with Crippen molar-refractivity contribution in [2.24, 2.45) is 5.92 Å². The lowest BCUT2D eigenvalue weighted by atomic mass is 10.1. The van der Waals surface area contributed by atoms with Crippen LogP contribution in [0.2, 0.25) is 0 Å². The Labute approximate surface area is 95.1 Å². The van der Waals surface area contributed by atoms with Gasteiger partial charge in [0.25, 0.3) is 0 Å². The highest BCUT2D eigenvalue weighted by atomic mass is 32.2. The fraction of sp³-hybridized carbons (Fsp3) is 0.667. The van der Waals surface area contributed by atoms with E-state index in [1.165, 1.54) is 12.4 Å². The molecule has 1 aromatic heterocycles. The summed E-state index contributed by atoms with van der Waals surface area (Å²) in [6, 6.07) is 0. The molecule has 92 valence electrons. The van der Waals surface area contributed by atoms with Gasteiger partial charge in [0.05, 0.1) is 12.3 Å². The van der Waals surface area contributed by atoms with Crippen LogP contribution in [0.15, 0.2) is 17.3 Å². The van der Waals surface area contributed by atoms with Gasteiger partial charge in [-0.3, -0.25) is 5.10 Å². The van der Waals surface area contributed by atoms with E-state index in [1.807, 2.05) is 13.8 Å². The second-order valence-corrected chi connectivity index (χ2v) is 5.84. The van der Waals surface area contributed by atoms with Gasteiger partial charge in [-0.25, -0.2) is 13.1 Å². The molecule has 1 unspecified atom stereocenters. The number of rotatable bonds is 6. The molecule has 0 fully saturated rings. The van der Waals surface area contributed by atoms with Crippen LogP contribution in [0.5, 0.6) is 0 Å². The number of aromatic nitrogens is 2. The Morgan fingerprint density at radius 1 is 1.56 bits per heavy atom. The van der Waals surface area contributed by atoms with E-state index in [2.05, 4.69) is 14.9 Å². The Kier molecular flexibility index (Phi) is 4.45. The smallest absolute Gasteiger partial charge is 0.243 e. The predicted molar refractivity (Wildman–Crippen MR) is 59.2 cm³/mol. The topological polar surface area (TPSA) is 95.1 Å². The molecular weight excluding hydrogens is 230 g/mol. The van der Waals surface area contributed by atoms with Crippen LogP contribution in [-0.2, 0) is 10.0 Å². The van der Waals surface area contributed by atoms with Gasteiger partial charge >= 0.3 is 0 Å². The van der Waals surface area contributed by atoms with Crippen molar-refractivity contribution in [1.82, 2.24) is 14.9 Å². The molecule has 0 aromatic carbocycles. The maximum atomic E-state index is 11.6. The first-order chi connectivity index (χ1) is 7.42. The highest BCUT2D eigenvalue weighted by Crippen LogP contribution is 2.07. The summed E-state index contributed by atoms with van der Waals surface area (Å²) >= 11 is 0. The average Bonchev–Trinajstić information content (AvgIpc) is 2.67. The van der Waals surface area contributed by atoms with Gasteiger partial charge in [0.2, 0.25) is 10.0 Å². The third kappa shape index (κ3) is 3.92. The quantitative estimate of drug-likeness (QED) is 0.664. The van der Waals surface area contributed by atoms with Crippen LogP contribution in [0.4, 0.5) is 0 Å². The van der Waals surface area contributed by atoms with Crippen LogP contribution in [-0.4, -0.2) is 36.4 Å². The largest absolute Gasteiger partial charge is 0.392 e. The van der Waals surface area contributed by atoms with Crippen LogP contribution >= 0.6 is 0 Å². The first-order valence-corrected chi connectivity index (χ1v) is 6.56. The molecule has 0 saturated carbocycles. The minimum Gasteiger partial charge on any atom is -0.392 e. The van der Waals surface area contributed by atoms with E-state index in [-0.39, 0.29) is 11.4 Å². The minimum absolute atomic E-state index is 0.0195. The summed E-state index contributed by atoms with van der Waals surface area (Å²) in [5.74, 6) is 0.327. The first-order valence-electron chi connectivity index (χ1n) is 5.08. The molecule has 6 nitrogen and oxygen atoms in total. The van der Waals surface area contributed by atoms with Crippen molar-refractivity contribution in [3.05, 3.63) is 12.4 Å². The molecular formula is C9H17N3O3S. The molecule has 0 aliphatic carbocycles. The molecule has 0 radical (unpaired) electrons. The molecule has 1 atom stereocenters. The number of nitrogens with one attached hydrogen (secondary N) is 2. The number of aliphatic hydroxyl groups is 1. The number of hydrogen-bond acceptors (Lipinski definition) is 4. The zero-order chi connectivity index (χ0) is 12.2. The van der Waals surface area contributed by atoms with Crippen molar-refractivity contribution in [3.63, 3.8) is 0 Å². The van der Waals surface area contributed by atoms with E-state index in [9.17, 15) is 13.5 Å². The molecule has 1 aromatic rings. The molecule has 0 aliphatic rings. The number of hydrogen-bond donors (Lipinski definition) is 3. The normalized spacial score (nSPS) is 14.2. The molecule has 1 heterocycles. The highest BCUT2D eigenvalue weighted by molar-refractivity contribution is 7.89. The summed E-state index contributed by atoms with van der Waals surface area (Å²) in [5, 5.41) is 15.5. The van der Waals surface area contributed by atoms with Crippen molar-refractivity contribution in [2.75, 3.05) is 6.54 Å². The van der Waals surface area contributed by atoms with Gasteiger partial charge in [-0.2, -0.15) is 5.10 Å². The van der Waals surface area contributed by atoms with Crippen LogP contribution in [0.25, 0.3) is 0 Å². The first kappa shape index (κ1) is 13.1. The van der Waals surface area contributed by atoms with Gasteiger partial charge in [-0.1, -0.05) is 13.8 Å². The van der Waals surface area contributed by atoms with Gasteiger partial charge < -0.3 is 5.11 Å². The number of aliphatic hydroxyl groups excluding tert-OH is 1. The number of aromatic amines is 1. The third-order valence-corrected chi connectivity index (χ3v) is 3.43. The van der Waals surface area contributed by atoms with E-state index in [0.717, 1.165) is 0 Å². The molecule has 0 bridgehead atoms. The monoisotopic (exact) mass is 247 g/mol. The summed E-state index contributed by atoms with van der Waals surface area (Å²) < 4.78 is 25.5. The second-order valence-electron chi connectivity index (χ2n) is 4.07. The third-order valence-electron chi connectivity index (χ3n) is 2.04. The molecule has 0 saturated heterocycles. The van der Waals surface area contributed by atoms with Gasteiger partial charge in [-0.15, -0.1) is 0 Å². The number of H-pyrrole nitrogens is 1. The van der Waals surface area contributed by atoms with E-state index in [4.69, 9.17) is 0 Å². The van der Waals surface area contributed by atoms with Crippen LogP contribution in [0.1, 0.15) is 20.3 Å². The second kappa shape index (κ2) is 5.42. The molecule has 0 spiro atoms. The fourth-order valence-electron chi connectivity index (χ4n) is 1.30. The Bertz CT molecular complexity index is 400. The molecule has 16 heavy (non-hydrogen) atoms. The lowest BCUT2D eigenvalue weighted by Gasteiger charge is -2.13. The number of sulfonamides is 1. The van der Waals surface area contributed by atoms with Crippen molar-refractivity contribution >= 4 is 10.0 Å². The number of nitrogens with zero attached hydrogens (tertiary/aromatic N) is 1. The Morgan fingerprint density at radius 2 is 2.25 bits per heavy atom. The van der Waals surface area contributed by atoms with Crippen LogP contribution in [0.3, 0.4) is 0 Å². The van der Waals surface area contributed by atoms with Crippen molar-refractivity contribution < 1.29 is 13.5 Å². The Morgan fingerprint density at radius 3 is 2.75 bits per heavy atom. The zero-order valence-electron chi connectivity index (χ0n) is 9.34. The Hall–Kier alpha value is -0.920. The molecule has 1 rings (SSSR count). The molecule has 7 heteroatoms. The predicted octanol–water partition coefficient (Wildman–Crippen LogP) is 0.0950. The zero-order valence-corrected chi connectivity index (χ0v) is 10.2. The summed E-state index contributed by atoms with van der Waals surface area (Å²) in [5.41, 5.74) is 0. The van der Waals surface area contributed by atoms with Gasteiger partial charge in [-0.05, 0) is 12.3 Å². The van der Waals surface area contributed by atoms with E-state index in [0.29, 0.717) is 12.3 Å². The summed E-state index contributed by atoms with van der Waals surface area (Å²) in [4.78, 5) is 0.0734. The van der Waals surface area contributed by atoms with Crippen LogP contribution in [0, 0.1) is 5.92 Å². The van der Waals surface area contributed by atoms with E-state index >= 15 is 0 Å². The summed E-state index contributed by atoms with van der Waals surface area (Å²) in [6.45, 7) is 3.95. The minimum atomic E-state index is -3.55. The van der Waals surface area contributed by atoms with E-state index < -0.39 is 16.1 Å². The molecule has 3 N–H and O–H groups in total. The lowest BCUT2D eigenvalue weighted by Crippen LogP contribution is -2.32. The van der Waals surface area contributed by atoms with Crippen molar-refractivity contribution in [3.8, 4) is 0 Å². The van der Waals surface area contributed by atoms with Gasteiger partial charge in [0.15, 0.2) is 0 Å². The SMILES string of the molecule is CC(C)CC(O)CNS(=O)(=O)c1cn[nH]c1. The Balaban J connectivity index is 2.49. The van der Waals surface area contributed by atoms with Crippen molar-refractivity contribution in [1.29, 1.82) is 0 Å². The van der Waals surface area contributed by atoms with E-state index in [1.54, 1.807) is 0 Å². The van der Waals surface area contributed by atoms with Gasteiger partial charge in [0.1, 0.15) is 4.90 Å². The standard InChI is InChI=1S/C9H17N3O3S/c1-7(2)3-8(13)4-12-16(14,15)9-5-10-11-6-9/h5-8,12-13H,3-4H2,1-2H3,(H,10,11). The van der Waals surface area contributed by atoms with Crippen LogP contribution < -0.4 is 4.72 Å². The summed E-state index contributed by atoms with van der Waals surface area (Å²) in [7, 11) is -3.55. The maximum Gasteiger partial charge on any atom is 0.243 e. The average molecular weight is 247 g/mol. The summed E-state index contributed by atoms with van der Waals surface area (Å²) in [6.07, 6.45) is 2.41. The fourth-order valence-corrected chi connectivity index (χ4v) is 2.28. The maximum absolute atomic E-state index is 11.6. The molecule has 0 aliphatic heterocycles. The highest BCUT2D eigenvalue weighted by Gasteiger charge is 2.17.